The molecule has 0 saturated heterocycles. The third-order valence-corrected chi connectivity index (χ3v) is 0.539. The Morgan fingerprint density at radius 1 is 1.80 bits per heavy atom. The van der Waals surface area contributed by atoms with Gasteiger partial charge in [0.15, 0.2) is 5.03 Å². The van der Waals surface area contributed by atoms with E-state index in [-0.39, 0.29) is 4.68 Å². The Labute approximate surface area is 55.4 Å². The van der Waals surface area contributed by atoms with Crippen molar-refractivity contribution < 1.29 is 9.72 Å². The summed E-state index contributed by atoms with van der Waals surface area (Å²) in [5, 5.41) is 16.5. The van der Waals surface area contributed by atoms with Gasteiger partial charge in [-0.2, -0.15) is 9.95 Å². The summed E-state index contributed by atoms with van der Waals surface area (Å²) in [7, 11) is 0. The highest BCUT2D eigenvalue weighted by Gasteiger charge is 2.05. The molecule has 0 aliphatic rings. The van der Waals surface area contributed by atoms with E-state index in [1.807, 2.05) is 0 Å². The Morgan fingerprint density at radius 2 is 2.30 bits per heavy atom. The van der Waals surface area contributed by atoms with Crippen LogP contribution in [0.1, 0.15) is 0 Å². The molecule has 0 unspecified atom stereocenters. The molecule has 10 heavy (non-hydrogen) atoms. The first-order valence-electron chi connectivity index (χ1n) is 2.01. The van der Waals surface area contributed by atoms with Crippen molar-refractivity contribution in [1.29, 1.82) is 5.26 Å². The van der Waals surface area contributed by atoms with Crippen molar-refractivity contribution in [3.63, 3.8) is 0 Å². The SMILES string of the molecule is N#C[N+](N)=C(N)[N-][N+](=O)[O-]. The van der Waals surface area contributed by atoms with Crippen LogP contribution in [-0.4, -0.2) is 15.7 Å². The normalized spacial score (nSPS) is 11.1. The molecule has 0 aromatic carbocycles. The van der Waals surface area contributed by atoms with E-state index in [0.29, 0.717) is 0 Å². The molecule has 0 bridgehead atoms. The van der Waals surface area contributed by atoms with Crippen molar-refractivity contribution in [2.45, 2.75) is 0 Å². The Hall–Kier alpha value is -2.04. The lowest BCUT2D eigenvalue weighted by atomic mass is 11.0. The molecular formula is C2H4N6O2. The van der Waals surface area contributed by atoms with E-state index < -0.39 is 11.0 Å². The summed E-state index contributed by atoms with van der Waals surface area (Å²) in [6.45, 7) is 0. The van der Waals surface area contributed by atoms with Gasteiger partial charge in [0.2, 0.25) is 6.19 Å². The Balaban J connectivity index is 4.23. The highest BCUT2D eigenvalue weighted by Crippen LogP contribution is 1.82. The fourth-order valence-electron chi connectivity index (χ4n) is 0.183. The molecular weight excluding hydrogens is 140 g/mol. The number of nitriles is 1. The molecule has 0 atom stereocenters. The van der Waals surface area contributed by atoms with Crippen molar-refractivity contribution in [2.75, 3.05) is 0 Å². The molecule has 0 fully saturated rings. The highest BCUT2D eigenvalue weighted by atomic mass is 16.7. The third-order valence-electron chi connectivity index (χ3n) is 0.539. The molecule has 0 radical (unpaired) electrons. The molecule has 8 nitrogen and oxygen atoms in total. The van der Waals surface area contributed by atoms with Gasteiger partial charge >= 0.3 is 5.96 Å². The summed E-state index contributed by atoms with van der Waals surface area (Å²) >= 11 is 0. The summed E-state index contributed by atoms with van der Waals surface area (Å²) in [5.41, 5.74) is 7.36. The summed E-state index contributed by atoms with van der Waals surface area (Å²) in [4.78, 5) is 9.58. The van der Waals surface area contributed by atoms with Crippen LogP contribution in [0.2, 0.25) is 0 Å². The van der Waals surface area contributed by atoms with Crippen LogP contribution in [0.3, 0.4) is 0 Å². The van der Waals surface area contributed by atoms with Gasteiger partial charge in [0.1, 0.15) is 5.43 Å². The Kier molecular flexibility index (Phi) is 2.45. The maximum absolute atomic E-state index is 9.58. The van der Waals surface area contributed by atoms with Crippen LogP contribution in [0.5, 0.6) is 0 Å². The molecule has 0 amide bonds. The van der Waals surface area contributed by atoms with E-state index in [0.717, 1.165) is 0 Å². The van der Waals surface area contributed by atoms with Gasteiger partial charge in [-0.25, -0.2) is 10.1 Å². The van der Waals surface area contributed by atoms with Crippen LogP contribution >= 0.6 is 0 Å². The van der Waals surface area contributed by atoms with Gasteiger partial charge in [0.05, 0.1) is 0 Å². The molecule has 54 valence electrons. The number of nitro groups is 1. The van der Waals surface area contributed by atoms with Crippen LogP contribution in [0, 0.1) is 21.6 Å². The van der Waals surface area contributed by atoms with Crippen LogP contribution in [0.25, 0.3) is 5.43 Å². The summed E-state index contributed by atoms with van der Waals surface area (Å²) in [5.74, 6) is 4.12. The van der Waals surface area contributed by atoms with Crippen molar-refractivity contribution >= 4 is 5.96 Å². The number of nitrogens with zero attached hydrogens (tertiary/aromatic N) is 4. The average molecular weight is 144 g/mol. The topological polar surface area (TPSA) is 136 Å². The number of rotatable bonds is 1. The molecule has 0 aliphatic heterocycles. The van der Waals surface area contributed by atoms with E-state index in [2.05, 4.69) is 5.43 Å². The minimum Gasteiger partial charge on any atom is -0.362 e. The zero-order valence-corrected chi connectivity index (χ0v) is 4.76. The fraction of sp³-hybridized carbons (Fsp3) is 0. The molecule has 4 N–H and O–H groups in total. The maximum atomic E-state index is 9.58. The molecule has 0 heterocycles. The molecule has 0 spiro atoms. The number of hydrazone groups is 1. The second-order valence-electron chi connectivity index (χ2n) is 1.17. The minimum absolute atomic E-state index is 0.281. The van der Waals surface area contributed by atoms with Crippen molar-refractivity contribution in [3.8, 4) is 6.19 Å². The number of hydrogen-bond donors (Lipinski definition) is 2. The summed E-state index contributed by atoms with van der Waals surface area (Å²) < 4.78 is 0.281. The quantitative estimate of drug-likeness (QED) is 0.0655. The zero-order valence-electron chi connectivity index (χ0n) is 4.76. The number of guanidine groups is 1. The number of nitrogens with two attached hydrogens (primary N) is 2. The van der Waals surface area contributed by atoms with E-state index in [9.17, 15) is 10.1 Å². The molecule has 0 aliphatic carbocycles. The van der Waals surface area contributed by atoms with Crippen molar-refractivity contribution in [2.24, 2.45) is 11.6 Å². The third kappa shape index (κ3) is 2.31. The molecule has 0 aromatic heterocycles. The van der Waals surface area contributed by atoms with Gasteiger partial charge in [-0.15, -0.1) is 0 Å². The average Bonchev–Trinajstić information content (AvgIpc) is 1.85. The second kappa shape index (κ2) is 3.08. The predicted molar refractivity (Wildman–Crippen MR) is 29.6 cm³/mol. The minimum atomic E-state index is -1.05. The lowest BCUT2D eigenvalue weighted by molar-refractivity contribution is -0.469. The van der Waals surface area contributed by atoms with Gasteiger partial charge in [-0.3, -0.25) is 0 Å². The van der Waals surface area contributed by atoms with Crippen molar-refractivity contribution in [3.05, 3.63) is 15.5 Å². The first-order chi connectivity index (χ1) is 4.57. The van der Waals surface area contributed by atoms with E-state index in [4.69, 9.17) is 16.8 Å². The van der Waals surface area contributed by atoms with E-state index in [1.165, 1.54) is 6.19 Å². The Bertz CT molecular complexity index is 212. The Morgan fingerprint density at radius 3 is 2.60 bits per heavy atom. The lowest BCUT2D eigenvalue weighted by Gasteiger charge is -1.93. The van der Waals surface area contributed by atoms with Gasteiger partial charge in [0, 0.05) is 0 Å². The molecule has 0 saturated carbocycles. The van der Waals surface area contributed by atoms with Gasteiger partial charge < -0.3 is 11.6 Å². The summed E-state index contributed by atoms with van der Waals surface area (Å²) in [6.07, 6.45) is 1.32. The van der Waals surface area contributed by atoms with Crippen LogP contribution in [0.4, 0.5) is 0 Å². The predicted octanol–water partition coefficient (Wildman–Crippen LogP) is -1.77. The zero-order chi connectivity index (χ0) is 8.15. The van der Waals surface area contributed by atoms with E-state index in [1.54, 1.807) is 0 Å². The monoisotopic (exact) mass is 144 g/mol. The first kappa shape index (κ1) is 7.96. The van der Waals surface area contributed by atoms with Crippen molar-refractivity contribution in [1.82, 2.24) is 0 Å². The molecule has 0 rings (SSSR count). The first-order valence-corrected chi connectivity index (χ1v) is 2.01. The smallest absolute Gasteiger partial charge is 0.300 e. The standard InChI is InChI=1S/C2H3N6O2/c3-1-7(5)2(4)6-8(9)10/h5H2,(H-,4,6)/q-1/p+1. The van der Waals surface area contributed by atoms with Gasteiger partial charge in [-0.1, -0.05) is 0 Å². The van der Waals surface area contributed by atoms with Crippen LogP contribution in [0.15, 0.2) is 0 Å². The van der Waals surface area contributed by atoms with Gasteiger partial charge in [0.25, 0.3) is 0 Å². The van der Waals surface area contributed by atoms with Crippen LogP contribution in [-0.2, 0) is 0 Å². The molecule has 8 heteroatoms. The maximum Gasteiger partial charge on any atom is 0.300 e. The van der Waals surface area contributed by atoms with E-state index >= 15 is 0 Å². The number of hydrazine groups is 1. The molecule has 0 aromatic rings. The largest absolute Gasteiger partial charge is 0.362 e. The van der Waals surface area contributed by atoms with Gasteiger partial charge in [-0.05, 0) is 0 Å². The fourth-order valence-corrected chi connectivity index (χ4v) is 0.183. The lowest BCUT2D eigenvalue weighted by Crippen LogP contribution is -2.30. The van der Waals surface area contributed by atoms with Crippen LogP contribution < -0.4 is 11.6 Å². The summed E-state index contributed by atoms with van der Waals surface area (Å²) in [6, 6.07) is 0. The highest BCUT2D eigenvalue weighted by molar-refractivity contribution is 5.83. The second-order valence-corrected chi connectivity index (χ2v) is 1.17. The number of hydrogen-bond acceptors (Lipinski definition) is 4.